The van der Waals surface area contributed by atoms with E-state index < -0.39 is 11.9 Å². The molecule has 5 nitrogen and oxygen atoms in total. The number of carbonyl (C=O) groups is 2. The van der Waals surface area contributed by atoms with E-state index in [4.69, 9.17) is 5.11 Å². The first-order valence-electron chi connectivity index (χ1n) is 3.75. The molecule has 1 aromatic heterocycles. The minimum absolute atomic E-state index is 0.207. The van der Waals surface area contributed by atoms with Crippen LogP contribution in [0.15, 0.2) is 12.1 Å². The van der Waals surface area contributed by atoms with Crippen molar-refractivity contribution in [2.24, 2.45) is 0 Å². The second-order valence-corrected chi connectivity index (χ2v) is 2.65. The highest BCUT2D eigenvalue weighted by Gasteiger charge is 2.09. The highest BCUT2D eigenvalue weighted by Crippen LogP contribution is 1.98. The van der Waals surface area contributed by atoms with Crippen LogP contribution in [0.1, 0.15) is 11.4 Å². The fourth-order valence-electron chi connectivity index (χ4n) is 0.916. The first-order chi connectivity index (χ1) is 6.09. The molecular weight excluding hydrogens is 172 g/mol. The number of rotatable bonds is 2. The molecule has 3 N–H and O–H groups in total. The Labute approximate surface area is 74.8 Å². The normalized spacial score (nSPS) is 9.62. The lowest BCUT2D eigenvalue weighted by molar-refractivity contribution is -0.150. The maximum absolute atomic E-state index is 10.6. The topological polar surface area (TPSA) is 82.2 Å². The average molecular weight is 182 g/mol. The Morgan fingerprint density at radius 1 is 1.54 bits per heavy atom. The molecule has 1 rings (SSSR count). The van der Waals surface area contributed by atoms with Gasteiger partial charge in [0, 0.05) is 11.4 Å². The van der Waals surface area contributed by atoms with Crippen LogP contribution in [0.25, 0.3) is 0 Å². The standard InChI is InChI=1S/C8H10N2O3/c1-5-2-3-6(10-5)4-9-7(11)8(12)13/h2-3,10H,4H2,1H3,(H,9,11)(H,12,13). The third-order valence-electron chi connectivity index (χ3n) is 1.53. The molecule has 0 saturated heterocycles. The number of aromatic amines is 1. The Kier molecular flexibility index (Phi) is 2.69. The van der Waals surface area contributed by atoms with Crippen LogP contribution >= 0.6 is 0 Å². The molecule has 0 unspecified atom stereocenters. The lowest BCUT2D eigenvalue weighted by atomic mass is 10.4. The van der Waals surface area contributed by atoms with E-state index >= 15 is 0 Å². The van der Waals surface area contributed by atoms with Gasteiger partial charge in [-0.25, -0.2) is 4.79 Å². The number of amides is 1. The Hall–Kier alpha value is -1.78. The van der Waals surface area contributed by atoms with E-state index in [-0.39, 0.29) is 6.54 Å². The van der Waals surface area contributed by atoms with Crippen LogP contribution in [-0.2, 0) is 16.1 Å². The zero-order chi connectivity index (χ0) is 9.84. The first-order valence-corrected chi connectivity index (χ1v) is 3.75. The van der Waals surface area contributed by atoms with Crippen molar-refractivity contribution in [3.8, 4) is 0 Å². The van der Waals surface area contributed by atoms with E-state index in [2.05, 4.69) is 10.3 Å². The highest BCUT2D eigenvalue weighted by atomic mass is 16.4. The molecule has 0 aliphatic heterocycles. The van der Waals surface area contributed by atoms with Gasteiger partial charge in [-0.2, -0.15) is 0 Å². The van der Waals surface area contributed by atoms with Crippen LogP contribution < -0.4 is 5.32 Å². The number of carboxylic acid groups (broad SMARTS) is 1. The number of aliphatic carboxylic acids is 1. The molecule has 0 bridgehead atoms. The monoisotopic (exact) mass is 182 g/mol. The minimum atomic E-state index is -1.47. The maximum atomic E-state index is 10.6. The van der Waals surface area contributed by atoms with Gasteiger partial charge in [-0.15, -0.1) is 0 Å². The van der Waals surface area contributed by atoms with E-state index in [0.29, 0.717) is 0 Å². The largest absolute Gasteiger partial charge is 0.474 e. The van der Waals surface area contributed by atoms with Gasteiger partial charge in [0.15, 0.2) is 0 Å². The highest BCUT2D eigenvalue weighted by molar-refractivity contribution is 6.31. The second-order valence-electron chi connectivity index (χ2n) is 2.65. The first kappa shape index (κ1) is 9.31. The molecular formula is C8H10N2O3. The molecule has 0 spiro atoms. The maximum Gasteiger partial charge on any atom is 0.394 e. The molecule has 0 saturated carbocycles. The summed E-state index contributed by atoms with van der Waals surface area (Å²) in [6, 6.07) is 3.64. The summed E-state index contributed by atoms with van der Waals surface area (Å²) < 4.78 is 0. The van der Waals surface area contributed by atoms with Crippen LogP contribution in [0.4, 0.5) is 0 Å². The second kappa shape index (κ2) is 3.75. The molecule has 0 aliphatic carbocycles. The number of hydrogen-bond acceptors (Lipinski definition) is 2. The molecule has 0 radical (unpaired) electrons. The molecule has 0 aromatic carbocycles. The van der Waals surface area contributed by atoms with E-state index in [0.717, 1.165) is 11.4 Å². The van der Waals surface area contributed by atoms with Crippen molar-refractivity contribution in [1.82, 2.24) is 10.3 Å². The lowest BCUT2D eigenvalue weighted by Gasteiger charge is -1.98. The Balaban J connectivity index is 2.44. The SMILES string of the molecule is Cc1ccc(CNC(=O)C(=O)O)[nH]1. The van der Waals surface area contributed by atoms with E-state index in [1.54, 1.807) is 6.07 Å². The zero-order valence-corrected chi connectivity index (χ0v) is 7.13. The van der Waals surface area contributed by atoms with Crippen molar-refractivity contribution in [2.45, 2.75) is 13.5 Å². The van der Waals surface area contributed by atoms with Gasteiger partial charge < -0.3 is 15.4 Å². The van der Waals surface area contributed by atoms with Crippen molar-refractivity contribution < 1.29 is 14.7 Å². The summed E-state index contributed by atoms with van der Waals surface area (Å²) in [7, 11) is 0. The molecule has 1 aromatic rings. The predicted molar refractivity (Wildman–Crippen MR) is 45.0 cm³/mol. The van der Waals surface area contributed by atoms with Gasteiger partial charge in [-0.1, -0.05) is 0 Å². The zero-order valence-electron chi connectivity index (χ0n) is 7.13. The molecule has 5 heteroatoms. The van der Waals surface area contributed by atoms with Gasteiger partial charge in [-0.05, 0) is 19.1 Å². The quantitative estimate of drug-likeness (QED) is 0.564. The van der Waals surface area contributed by atoms with Crippen LogP contribution in [0.5, 0.6) is 0 Å². The van der Waals surface area contributed by atoms with E-state index in [9.17, 15) is 9.59 Å². The molecule has 1 heterocycles. The smallest absolute Gasteiger partial charge is 0.394 e. The third-order valence-corrected chi connectivity index (χ3v) is 1.53. The van der Waals surface area contributed by atoms with Crippen molar-refractivity contribution in [3.05, 3.63) is 23.5 Å². The van der Waals surface area contributed by atoms with E-state index in [1.807, 2.05) is 13.0 Å². The molecule has 13 heavy (non-hydrogen) atoms. The number of nitrogens with one attached hydrogen (secondary N) is 2. The van der Waals surface area contributed by atoms with Crippen molar-refractivity contribution in [2.75, 3.05) is 0 Å². The van der Waals surface area contributed by atoms with E-state index in [1.165, 1.54) is 0 Å². The van der Waals surface area contributed by atoms with Gasteiger partial charge in [0.25, 0.3) is 0 Å². The van der Waals surface area contributed by atoms with Crippen LogP contribution in [0, 0.1) is 6.92 Å². The molecule has 0 fully saturated rings. The number of carbonyl (C=O) groups excluding carboxylic acids is 1. The summed E-state index contributed by atoms with van der Waals surface area (Å²) in [6.45, 7) is 2.08. The predicted octanol–water partition coefficient (Wildman–Crippen LogP) is 0.0239. The summed E-state index contributed by atoms with van der Waals surface area (Å²) in [6.07, 6.45) is 0. The summed E-state index contributed by atoms with van der Waals surface area (Å²) in [5.74, 6) is -2.46. The Bertz CT molecular complexity index is 330. The van der Waals surface area contributed by atoms with Gasteiger partial charge in [0.2, 0.25) is 0 Å². The third kappa shape index (κ3) is 2.62. The van der Waals surface area contributed by atoms with Crippen molar-refractivity contribution >= 4 is 11.9 Å². The number of hydrogen-bond donors (Lipinski definition) is 3. The fourth-order valence-corrected chi connectivity index (χ4v) is 0.916. The van der Waals surface area contributed by atoms with Crippen LogP contribution in [-0.4, -0.2) is 22.0 Å². The van der Waals surface area contributed by atoms with Gasteiger partial charge >= 0.3 is 11.9 Å². The number of aryl methyl sites for hydroxylation is 1. The van der Waals surface area contributed by atoms with Crippen molar-refractivity contribution in [1.29, 1.82) is 0 Å². The summed E-state index contributed by atoms with van der Waals surface area (Å²) >= 11 is 0. The van der Waals surface area contributed by atoms with Gasteiger partial charge in [0.05, 0.1) is 6.54 Å². The number of aromatic nitrogens is 1. The lowest BCUT2D eigenvalue weighted by Crippen LogP contribution is -2.30. The number of carboxylic acids is 1. The van der Waals surface area contributed by atoms with Gasteiger partial charge in [-0.3, -0.25) is 4.79 Å². The Morgan fingerprint density at radius 3 is 2.69 bits per heavy atom. The minimum Gasteiger partial charge on any atom is -0.474 e. The Morgan fingerprint density at radius 2 is 2.23 bits per heavy atom. The summed E-state index contributed by atoms with van der Waals surface area (Å²) in [4.78, 5) is 23.7. The fraction of sp³-hybridized carbons (Fsp3) is 0.250. The number of H-pyrrole nitrogens is 1. The average Bonchev–Trinajstić information content (AvgIpc) is 2.47. The summed E-state index contributed by atoms with van der Waals surface area (Å²) in [5.41, 5.74) is 1.76. The molecule has 70 valence electrons. The molecule has 0 atom stereocenters. The van der Waals surface area contributed by atoms with Crippen molar-refractivity contribution in [3.63, 3.8) is 0 Å². The molecule has 0 aliphatic rings. The van der Waals surface area contributed by atoms with Crippen LogP contribution in [0.3, 0.4) is 0 Å². The van der Waals surface area contributed by atoms with Crippen LogP contribution in [0.2, 0.25) is 0 Å². The van der Waals surface area contributed by atoms with Gasteiger partial charge in [0.1, 0.15) is 0 Å². The summed E-state index contributed by atoms with van der Waals surface area (Å²) in [5, 5.41) is 10.5. The molecule has 1 amide bonds.